The molecular weight excluding hydrogens is 246 g/mol. The predicted molar refractivity (Wildman–Crippen MR) is 83.0 cm³/mol. The van der Waals surface area contributed by atoms with E-state index in [1.54, 1.807) is 0 Å². The molecule has 2 unspecified atom stereocenters. The molecule has 1 aromatic carbocycles. The van der Waals surface area contributed by atoms with Gasteiger partial charge in [0, 0.05) is 35.4 Å². The van der Waals surface area contributed by atoms with Gasteiger partial charge in [0.1, 0.15) is 0 Å². The lowest BCUT2D eigenvalue weighted by Crippen LogP contribution is -2.44. The van der Waals surface area contributed by atoms with E-state index in [4.69, 9.17) is 0 Å². The van der Waals surface area contributed by atoms with Gasteiger partial charge < -0.3 is 10.2 Å². The molecule has 2 saturated heterocycles. The number of benzene rings is 1. The Morgan fingerprint density at radius 1 is 1.10 bits per heavy atom. The Bertz CT molecular complexity index is 605. The maximum atomic E-state index is 4.44. The lowest BCUT2D eigenvalue weighted by molar-refractivity contribution is 0.169. The second-order valence-corrected chi connectivity index (χ2v) is 6.24. The van der Waals surface area contributed by atoms with Crippen LogP contribution >= 0.6 is 0 Å². The number of nitrogens with zero attached hydrogens (tertiary/aromatic N) is 2. The van der Waals surface area contributed by atoms with Gasteiger partial charge in [0.25, 0.3) is 0 Å². The summed E-state index contributed by atoms with van der Waals surface area (Å²) < 4.78 is 0. The molecule has 2 bridgehead atoms. The van der Waals surface area contributed by atoms with Crippen LogP contribution in [0.3, 0.4) is 0 Å². The fourth-order valence-corrected chi connectivity index (χ4v) is 3.98. The van der Waals surface area contributed by atoms with E-state index >= 15 is 0 Å². The third-order valence-corrected chi connectivity index (χ3v) is 5.10. The van der Waals surface area contributed by atoms with Crippen LogP contribution in [0, 0.1) is 0 Å². The van der Waals surface area contributed by atoms with Gasteiger partial charge in [-0.05, 0) is 57.0 Å². The van der Waals surface area contributed by atoms with Crippen LogP contribution in [-0.2, 0) is 0 Å². The zero-order valence-corrected chi connectivity index (χ0v) is 11.9. The monoisotopic (exact) mass is 267 g/mol. The minimum atomic E-state index is 0.606. The van der Waals surface area contributed by atoms with Gasteiger partial charge >= 0.3 is 0 Å². The number of rotatable bonds is 2. The van der Waals surface area contributed by atoms with E-state index in [0.29, 0.717) is 6.04 Å². The molecule has 0 spiro atoms. The van der Waals surface area contributed by atoms with Gasteiger partial charge in [0.15, 0.2) is 0 Å². The van der Waals surface area contributed by atoms with Gasteiger partial charge in [-0.3, -0.25) is 4.98 Å². The van der Waals surface area contributed by atoms with Gasteiger partial charge in [0.2, 0.25) is 0 Å². The smallest absolute Gasteiger partial charge is 0.0722 e. The molecule has 0 radical (unpaired) electrons. The van der Waals surface area contributed by atoms with Crippen LogP contribution in [-0.4, -0.2) is 35.1 Å². The fourth-order valence-electron chi connectivity index (χ4n) is 3.98. The van der Waals surface area contributed by atoms with Crippen LogP contribution in [0.5, 0.6) is 0 Å². The molecule has 0 saturated carbocycles. The van der Waals surface area contributed by atoms with Gasteiger partial charge in [-0.25, -0.2) is 0 Å². The van der Waals surface area contributed by atoms with Crippen molar-refractivity contribution in [1.82, 2.24) is 9.88 Å². The first-order valence-corrected chi connectivity index (χ1v) is 7.63. The molecule has 0 aliphatic carbocycles. The molecule has 1 aromatic heterocycles. The van der Waals surface area contributed by atoms with Crippen molar-refractivity contribution in [2.24, 2.45) is 0 Å². The largest absolute Gasteiger partial charge is 0.382 e. The molecule has 4 rings (SSSR count). The maximum Gasteiger partial charge on any atom is 0.0722 e. The molecule has 2 atom stereocenters. The van der Waals surface area contributed by atoms with Crippen molar-refractivity contribution in [3.05, 3.63) is 36.5 Å². The van der Waals surface area contributed by atoms with Crippen molar-refractivity contribution in [3.63, 3.8) is 0 Å². The van der Waals surface area contributed by atoms with Crippen LogP contribution in [0.4, 0.5) is 5.69 Å². The summed E-state index contributed by atoms with van der Waals surface area (Å²) in [6.07, 6.45) is 7.14. The molecule has 2 aliphatic rings. The summed E-state index contributed by atoms with van der Waals surface area (Å²) in [5.41, 5.74) is 2.32. The lowest BCUT2D eigenvalue weighted by Gasteiger charge is -2.37. The van der Waals surface area contributed by atoms with Crippen molar-refractivity contribution >= 4 is 16.6 Å². The third kappa shape index (κ3) is 1.97. The van der Waals surface area contributed by atoms with Crippen LogP contribution in [0.1, 0.15) is 25.7 Å². The Morgan fingerprint density at radius 2 is 1.90 bits per heavy atom. The highest BCUT2D eigenvalue weighted by Crippen LogP contribution is 2.36. The maximum absolute atomic E-state index is 4.44. The minimum absolute atomic E-state index is 0.606. The second-order valence-electron chi connectivity index (χ2n) is 6.24. The van der Waals surface area contributed by atoms with Crippen LogP contribution < -0.4 is 5.32 Å². The number of hydrogen-bond acceptors (Lipinski definition) is 3. The van der Waals surface area contributed by atoms with Gasteiger partial charge in [-0.1, -0.05) is 6.07 Å². The van der Waals surface area contributed by atoms with E-state index in [0.717, 1.165) is 17.6 Å². The molecule has 3 heteroatoms. The summed E-state index contributed by atoms with van der Waals surface area (Å²) in [5.74, 6) is 0. The first-order valence-electron chi connectivity index (χ1n) is 7.63. The molecule has 2 aromatic rings. The number of hydrogen-bond donors (Lipinski definition) is 1. The van der Waals surface area contributed by atoms with Gasteiger partial charge in [0.05, 0.1) is 5.52 Å². The molecule has 2 aliphatic heterocycles. The van der Waals surface area contributed by atoms with Crippen molar-refractivity contribution in [3.8, 4) is 0 Å². The topological polar surface area (TPSA) is 28.2 Å². The van der Waals surface area contributed by atoms with E-state index in [2.05, 4.69) is 46.5 Å². The summed E-state index contributed by atoms with van der Waals surface area (Å²) in [5, 5.41) is 5.02. The summed E-state index contributed by atoms with van der Waals surface area (Å²) >= 11 is 0. The zero-order chi connectivity index (χ0) is 13.5. The van der Waals surface area contributed by atoms with Gasteiger partial charge in [-0.2, -0.15) is 0 Å². The quantitative estimate of drug-likeness (QED) is 0.905. The van der Waals surface area contributed by atoms with Crippen LogP contribution in [0.2, 0.25) is 0 Å². The molecule has 1 N–H and O–H groups in total. The summed E-state index contributed by atoms with van der Waals surface area (Å²) in [7, 11) is 2.29. The molecule has 104 valence electrons. The van der Waals surface area contributed by atoms with E-state index in [9.17, 15) is 0 Å². The van der Waals surface area contributed by atoms with E-state index in [1.165, 1.54) is 36.8 Å². The van der Waals surface area contributed by atoms with E-state index in [1.807, 2.05) is 12.3 Å². The Morgan fingerprint density at radius 3 is 2.70 bits per heavy atom. The highest BCUT2D eigenvalue weighted by atomic mass is 15.2. The van der Waals surface area contributed by atoms with Crippen LogP contribution in [0.25, 0.3) is 10.9 Å². The number of aromatic nitrogens is 1. The lowest BCUT2D eigenvalue weighted by atomic mass is 9.97. The summed E-state index contributed by atoms with van der Waals surface area (Å²) in [6, 6.07) is 12.7. The number of nitrogens with one attached hydrogen (secondary N) is 1. The molecule has 2 fully saturated rings. The third-order valence-electron chi connectivity index (χ3n) is 5.10. The van der Waals surface area contributed by atoms with Crippen molar-refractivity contribution in [2.45, 2.75) is 43.8 Å². The Labute approximate surface area is 120 Å². The molecule has 3 heterocycles. The average molecular weight is 267 g/mol. The van der Waals surface area contributed by atoms with Crippen molar-refractivity contribution in [1.29, 1.82) is 0 Å². The highest BCUT2D eigenvalue weighted by Gasteiger charge is 2.38. The number of pyridine rings is 1. The first-order chi connectivity index (χ1) is 9.81. The molecular formula is C17H21N3. The molecule has 20 heavy (non-hydrogen) atoms. The summed E-state index contributed by atoms with van der Waals surface area (Å²) in [4.78, 5) is 7.03. The fraction of sp³-hybridized carbons (Fsp3) is 0.471. The second kappa shape index (κ2) is 4.74. The van der Waals surface area contributed by atoms with Crippen LogP contribution in [0.15, 0.2) is 36.5 Å². The number of anilines is 1. The normalized spacial score (nSPS) is 29.8. The van der Waals surface area contributed by atoms with Gasteiger partial charge in [-0.15, -0.1) is 0 Å². The zero-order valence-electron chi connectivity index (χ0n) is 11.9. The Hall–Kier alpha value is -1.61. The SMILES string of the molecule is CN1C2CCC1CC(Nc1cccc3ncccc13)C2. The standard InChI is InChI=1S/C17H21N3/c1-20-13-7-8-14(20)11-12(10-13)19-17-6-2-5-16-15(17)4-3-9-18-16/h2-6,9,12-14,19H,7-8,10-11H2,1H3. The molecule has 0 amide bonds. The number of piperidine rings is 1. The average Bonchev–Trinajstić information content (AvgIpc) is 2.70. The highest BCUT2D eigenvalue weighted by molar-refractivity contribution is 5.91. The molecule has 3 nitrogen and oxygen atoms in total. The van der Waals surface area contributed by atoms with E-state index in [-0.39, 0.29) is 0 Å². The van der Waals surface area contributed by atoms with E-state index < -0.39 is 0 Å². The van der Waals surface area contributed by atoms with Crippen molar-refractivity contribution < 1.29 is 0 Å². The Balaban J connectivity index is 1.59. The summed E-state index contributed by atoms with van der Waals surface area (Å²) in [6.45, 7) is 0. The first kappa shape index (κ1) is 12.2. The predicted octanol–water partition coefficient (Wildman–Crippen LogP) is 3.27. The Kier molecular flexibility index (Phi) is 2.88. The minimum Gasteiger partial charge on any atom is -0.382 e. The van der Waals surface area contributed by atoms with Crippen molar-refractivity contribution in [2.75, 3.05) is 12.4 Å². The number of fused-ring (bicyclic) bond motifs is 3.